The SMILES string of the molecule is CCCCC1CCC(C(O)Cc2cccc(OC)c2)CC1. The molecule has 21 heavy (non-hydrogen) atoms. The molecule has 0 heterocycles. The van der Waals surface area contributed by atoms with Crippen LogP contribution in [-0.2, 0) is 6.42 Å². The van der Waals surface area contributed by atoms with Crippen LogP contribution in [0.5, 0.6) is 5.75 Å². The highest BCUT2D eigenvalue weighted by molar-refractivity contribution is 5.28. The van der Waals surface area contributed by atoms with E-state index in [0.29, 0.717) is 5.92 Å². The summed E-state index contributed by atoms with van der Waals surface area (Å²) < 4.78 is 5.25. The van der Waals surface area contributed by atoms with Crippen molar-refractivity contribution in [3.8, 4) is 5.75 Å². The van der Waals surface area contributed by atoms with Gasteiger partial charge < -0.3 is 9.84 Å². The molecule has 1 N–H and O–H groups in total. The third kappa shape index (κ3) is 5.03. The summed E-state index contributed by atoms with van der Waals surface area (Å²) in [5.41, 5.74) is 1.18. The van der Waals surface area contributed by atoms with Gasteiger partial charge in [-0.1, -0.05) is 51.2 Å². The maximum Gasteiger partial charge on any atom is 0.119 e. The van der Waals surface area contributed by atoms with Crippen LogP contribution in [-0.4, -0.2) is 18.3 Å². The molecule has 2 heteroatoms. The first-order chi connectivity index (χ1) is 10.2. The summed E-state index contributed by atoms with van der Waals surface area (Å²) in [5, 5.41) is 10.5. The fourth-order valence-electron chi connectivity index (χ4n) is 3.56. The van der Waals surface area contributed by atoms with Crippen LogP contribution in [0.15, 0.2) is 24.3 Å². The van der Waals surface area contributed by atoms with Gasteiger partial charge in [0.15, 0.2) is 0 Å². The Hall–Kier alpha value is -1.02. The van der Waals surface area contributed by atoms with Gasteiger partial charge in [-0.05, 0) is 48.8 Å². The summed E-state index contributed by atoms with van der Waals surface area (Å²) in [6, 6.07) is 8.08. The van der Waals surface area contributed by atoms with Crippen molar-refractivity contribution in [3.05, 3.63) is 29.8 Å². The molecule has 0 saturated heterocycles. The highest BCUT2D eigenvalue weighted by atomic mass is 16.5. The maximum atomic E-state index is 10.5. The van der Waals surface area contributed by atoms with Gasteiger partial charge in [0, 0.05) is 0 Å². The van der Waals surface area contributed by atoms with E-state index in [0.717, 1.165) is 18.1 Å². The number of benzene rings is 1. The molecule has 1 aromatic rings. The van der Waals surface area contributed by atoms with Crippen molar-refractivity contribution in [2.45, 2.75) is 64.4 Å². The minimum atomic E-state index is -0.204. The fourth-order valence-corrected chi connectivity index (χ4v) is 3.56. The molecule has 1 saturated carbocycles. The summed E-state index contributed by atoms with van der Waals surface area (Å²) in [7, 11) is 1.69. The smallest absolute Gasteiger partial charge is 0.119 e. The number of hydrogen-bond donors (Lipinski definition) is 1. The van der Waals surface area contributed by atoms with Crippen molar-refractivity contribution in [1.82, 2.24) is 0 Å². The predicted octanol–water partition coefficient (Wildman–Crippen LogP) is 4.60. The Morgan fingerprint density at radius 1 is 1.24 bits per heavy atom. The normalized spacial score (nSPS) is 23.8. The molecule has 0 radical (unpaired) electrons. The quantitative estimate of drug-likeness (QED) is 0.795. The van der Waals surface area contributed by atoms with Gasteiger partial charge in [-0.3, -0.25) is 0 Å². The molecule has 1 aliphatic rings. The summed E-state index contributed by atoms with van der Waals surface area (Å²) in [4.78, 5) is 0. The average Bonchev–Trinajstić information content (AvgIpc) is 2.53. The van der Waals surface area contributed by atoms with Crippen molar-refractivity contribution in [2.24, 2.45) is 11.8 Å². The highest BCUT2D eigenvalue weighted by Crippen LogP contribution is 2.34. The predicted molar refractivity (Wildman–Crippen MR) is 87.7 cm³/mol. The average molecular weight is 290 g/mol. The van der Waals surface area contributed by atoms with E-state index in [-0.39, 0.29) is 6.10 Å². The molecule has 0 spiro atoms. The Morgan fingerprint density at radius 2 is 2.00 bits per heavy atom. The summed E-state index contributed by atoms with van der Waals surface area (Å²) in [5.74, 6) is 2.27. The van der Waals surface area contributed by atoms with Gasteiger partial charge in [0.2, 0.25) is 0 Å². The van der Waals surface area contributed by atoms with E-state index in [1.165, 1.54) is 50.5 Å². The standard InChI is InChI=1S/C19H30O2/c1-3-4-6-15-9-11-17(12-10-15)19(20)14-16-7-5-8-18(13-16)21-2/h5,7-8,13,15,17,19-20H,3-4,6,9-12,14H2,1-2H3. The van der Waals surface area contributed by atoms with E-state index in [1.807, 2.05) is 18.2 Å². The first-order valence-corrected chi connectivity index (χ1v) is 8.54. The van der Waals surface area contributed by atoms with E-state index >= 15 is 0 Å². The van der Waals surface area contributed by atoms with Gasteiger partial charge in [0.05, 0.1) is 13.2 Å². The van der Waals surface area contributed by atoms with Gasteiger partial charge in [0.25, 0.3) is 0 Å². The van der Waals surface area contributed by atoms with Crippen LogP contribution >= 0.6 is 0 Å². The molecule has 0 aromatic heterocycles. The lowest BCUT2D eigenvalue weighted by atomic mass is 9.76. The van der Waals surface area contributed by atoms with Gasteiger partial charge >= 0.3 is 0 Å². The second kappa shape index (κ2) is 8.43. The molecule has 1 fully saturated rings. The van der Waals surface area contributed by atoms with Crippen molar-refractivity contribution in [3.63, 3.8) is 0 Å². The van der Waals surface area contributed by atoms with Crippen molar-refractivity contribution in [2.75, 3.05) is 7.11 Å². The van der Waals surface area contributed by atoms with Crippen LogP contribution in [0.25, 0.3) is 0 Å². The minimum absolute atomic E-state index is 0.204. The molecule has 2 rings (SSSR count). The van der Waals surface area contributed by atoms with Crippen LogP contribution in [0.4, 0.5) is 0 Å². The number of ether oxygens (including phenoxy) is 1. The van der Waals surface area contributed by atoms with Crippen molar-refractivity contribution < 1.29 is 9.84 Å². The Kier molecular flexibility index (Phi) is 6.56. The molecule has 1 atom stereocenters. The first-order valence-electron chi connectivity index (χ1n) is 8.54. The molecule has 0 bridgehead atoms. The lowest BCUT2D eigenvalue weighted by Gasteiger charge is -2.31. The molecule has 0 aliphatic heterocycles. The first kappa shape index (κ1) is 16.4. The van der Waals surface area contributed by atoms with E-state index in [9.17, 15) is 5.11 Å². The lowest BCUT2D eigenvalue weighted by molar-refractivity contribution is 0.0726. The Morgan fingerprint density at radius 3 is 2.67 bits per heavy atom. The summed E-state index contributed by atoms with van der Waals surface area (Å²) >= 11 is 0. The molecule has 1 aromatic carbocycles. The van der Waals surface area contributed by atoms with Crippen molar-refractivity contribution >= 4 is 0 Å². The van der Waals surface area contributed by atoms with Gasteiger partial charge in [-0.25, -0.2) is 0 Å². The second-order valence-electron chi connectivity index (χ2n) is 6.55. The molecular formula is C19H30O2. The number of unbranched alkanes of at least 4 members (excludes halogenated alkanes) is 1. The zero-order valence-corrected chi connectivity index (χ0v) is 13.6. The fraction of sp³-hybridized carbons (Fsp3) is 0.684. The van der Waals surface area contributed by atoms with E-state index in [4.69, 9.17) is 4.74 Å². The summed E-state index contributed by atoms with van der Waals surface area (Å²) in [6.07, 6.45) is 9.60. The third-order valence-electron chi connectivity index (χ3n) is 4.98. The number of aliphatic hydroxyl groups excluding tert-OH is 1. The third-order valence-corrected chi connectivity index (χ3v) is 4.98. The molecule has 118 valence electrons. The second-order valence-corrected chi connectivity index (χ2v) is 6.55. The largest absolute Gasteiger partial charge is 0.497 e. The Balaban J connectivity index is 1.80. The van der Waals surface area contributed by atoms with Gasteiger partial charge in [0.1, 0.15) is 5.75 Å². The number of hydrogen-bond acceptors (Lipinski definition) is 2. The van der Waals surface area contributed by atoms with Crippen molar-refractivity contribution in [1.29, 1.82) is 0 Å². The van der Waals surface area contributed by atoms with Gasteiger partial charge in [-0.15, -0.1) is 0 Å². The monoisotopic (exact) mass is 290 g/mol. The number of methoxy groups -OCH3 is 1. The molecular weight excluding hydrogens is 260 g/mol. The Labute approximate surface area is 129 Å². The van der Waals surface area contributed by atoms with E-state index < -0.39 is 0 Å². The molecule has 1 unspecified atom stereocenters. The molecule has 2 nitrogen and oxygen atoms in total. The van der Waals surface area contributed by atoms with E-state index in [1.54, 1.807) is 7.11 Å². The van der Waals surface area contributed by atoms with Crippen LogP contribution in [0.3, 0.4) is 0 Å². The summed E-state index contributed by atoms with van der Waals surface area (Å²) in [6.45, 7) is 2.27. The van der Waals surface area contributed by atoms with Gasteiger partial charge in [-0.2, -0.15) is 0 Å². The number of aliphatic hydroxyl groups is 1. The highest BCUT2D eigenvalue weighted by Gasteiger charge is 2.26. The zero-order valence-electron chi connectivity index (χ0n) is 13.6. The maximum absolute atomic E-state index is 10.5. The lowest BCUT2D eigenvalue weighted by Crippen LogP contribution is -2.27. The van der Waals surface area contributed by atoms with Crippen LogP contribution in [0.1, 0.15) is 57.4 Å². The molecule has 1 aliphatic carbocycles. The van der Waals surface area contributed by atoms with E-state index in [2.05, 4.69) is 13.0 Å². The minimum Gasteiger partial charge on any atom is -0.497 e. The zero-order chi connectivity index (χ0) is 15.1. The van der Waals surface area contributed by atoms with Crippen LogP contribution in [0.2, 0.25) is 0 Å². The van der Waals surface area contributed by atoms with Crippen LogP contribution < -0.4 is 4.74 Å². The Bertz CT molecular complexity index is 408. The topological polar surface area (TPSA) is 29.5 Å². The number of rotatable bonds is 7. The molecule has 0 amide bonds. The van der Waals surface area contributed by atoms with Crippen LogP contribution in [0, 0.1) is 11.8 Å².